The maximum atomic E-state index is 12.0. The van der Waals surface area contributed by atoms with Gasteiger partial charge in [0.1, 0.15) is 5.60 Å². The van der Waals surface area contributed by atoms with Crippen LogP contribution in [-0.4, -0.2) is 41.8 Å². The van der Waals surface area contributed by atoms with E-state index in [0.29, 0.717) is 6.04 Å². The molecule has 0 aromatic carbocycles. The summed E-state index contributed by atoms with van der Waals surface area (Å²) in [6.45, 7) is 11.6. The number of nitrogens with zero attached hydrogens (tertiary/aromatic N) is 1. The molecule has 1 rings (SSSR count). The molecule has 0 unspecified atom stereocenters. The van der Waals surface area contributed by atoms with Crippen molar-refractivity contribution in [3.05, 3.63) is 0 Å². The lowest BCUT2D eigenvalue weighted by Crippen LogP contribution is -2.58. The predicted molar refractivity (Wildman–Crippen MR) is 69.1 cm³/mol. The Bertz CT molecular complexity index is 259. The highest BCUT2D eigenvalue weighted by Gasteiger charge is 2.32. The number of ether oxygens (including phenoxy) is 1. The number of carbonyl (C=O) groups excluding carboxylic acids is 1. The molecule has 0 bridgehead atoms. The Kier molecular flexibility index (Phi) is 4.80. The Hall–Kier alpha value is -0.770. The maximum Gasteiger partial charge on any atom is 0.410 e. The van der Waals surface area contributed by atoms with Gasteiger partial charge in [0.05, 0.1) is 0 Å². The Morgan fingerprint density at radius 2 is 2.12 bits per heavy atom. The van der Waals surface area contributed by atoms with E-state index in [0.717, 1.165) is 25.9 Å². The van der Waals surface area contributed by atoms with E-state index in [1.54, 1.807) is 0 Å². The first-order chi connectivity index (χ1) is 7.85. The molecule has 4 heteroatoms. The number of amides is 1. The average molecular weight is 242 g/mol. The van der Waals surface area contributed by atoms with E-state index in [1.807, 2.05) is 25.7 Å². The van der Waals surface area contributed by atoms with Crippen LogP contribution in [0.4, 0.5) is 4.79 Å². The van der Waals surface area contributed by atoms with Crippen molar-refractivity contribution >= 4 is 6.09 Å². The summed E-state index contributed by atoms with van der Waals surface area (Å²) >= 11 is 0. The minimum atomic E-state index is -0.415. The molecule has 0 saturated carbocycles. The normalized spacial score (nSPS) is 25.8. The highest BCUT2D eigenvalue weighted by atomic mass is 16.6. The first-order valence-corrected chi connectivity index (χ1v) is 6.58. The molecule has 0 aromatic heterocycles. The molecule has 0 spiro atoms. The summed E-state index contributed by atoms with van der Waals surface area (Å²) in [5, 5.41) is 3.47. The van der Waals surface area contributed by atoms with Crippen molar-refractivity contribution in [3.63, 3.8) is 0 Å². The predicted octanol–water partition coefficient (Wildman–Crippen LogP) is 2.38. The molecule has 0 radical (unpaired) electrons. The Balaban J connectivity index is 2.60. The van der Waals surface area contributed by atoms with Gasteiger partial charge in [-0.05, 0) is 34.1 Å². The summed E-state index contributed by atoms with van der Waals surface area (Å²) < 4.78 is 5.43. The summed E-state index contributed by atoms with van der Waals surface area (Å²) in [6.07, 6.45) is 2.04. The Labute approximate surface area is 105 Å². The van der Waals surface area contributed by atoms with Crippen molar-refractivity contribution < 1.29 is 9.53 Å². The summed E-state index contributed by atoms with van der Waals surface area (Å²) in [5.74, 6) is 0. The van der Waals surface area contributed by atoms with Crippen molar-refractivity contribution in [2.24, 2.45) is 0 Å². The van der Waals surface area contributed by atoms with Crippen LogP contribution >= 0.6 is 0 Å². The van der Waals surface area contributed by atoms with Gasteiger partial charge < -0.3 is 15.0 Å². The first-order valence-electron chi connectivity index (χ1n) is 6.58. The van der Waals surface area contributed by atoms with E-state index in [-0.39, 0.29) is 12.1 Å². The minimum Gasteiger partial charge on any atom is -0.444 e. The molecule has 4 nitrogen and oxygen atoms in total. The van der Waals surface area contributed by atoms with Crippen molar-refractivity contribution in [1.82, 2.24) is 10.2 Å². The molecule has 1 fully saturated rings. The van der Waals surface area contributed by atoms with E-state index in [2.05, 4.69) is 19.2 Å². The quantitative estimate of drug-likeness (QED) is 0.808. The second-order valence-electron chi connectivity index (χ2n) is 5.76. The molecule has 2 atom stereocenters. The van der Waals surface area contributed by atoms with Crippen molar-refractivity contribution in [3.8, 4) is 0 Å². The van der Waals surface area contributed by atoms with Gasteiger partial charge in [0.15, 0.2) is 0 Å². The van der Waals surface area contributed by atoms with Crippen LogP contribution in [0.3, 0.4) is 0 Å². The Morgan fingerprint density at radius 1 is 1.47 bits per heavy atom. The lowest BCUT2D eigenvalue weighted by atomic mass is 10.0. The number of piperazine rings is 1. The topological polar surface area (TPSA) is 41.6 Å². The van der Waals surface area contributed by atoms with Gasteiger partial charge in [-0.25, -0.2) is 4.79 Å². The van der Waals surface area contributed by atoms with Crippen LogP contribution in [0.25, 0.3) is 0 Å². The van der Waals surface area contributed by atoms with Gasteiger partial charge in [0.25, 0.3) is 0 Å². The van der Waals surface area contributed by atoms with Gasteiger partial charge >= 0.3 is 6.09 Å². The zero-order chi connectivity index (χ0) is 13.1. The summed E-state index contributed by atoms with van der Waals surface area (Å²) in [6, 6.07) is 0.597. The molecule has 1 aliphatic heterocycles. The van der Waals surface area contributed by atoms with E-state index >= 15 is 0 Å². The van der Waals surface area contributed by atoms with Crippen molar-refractivity contribution in [2.75, 3.05) is 13.1 Å². The van der Waals surface area contributed by atoms with Gasteiger partial charge in [0.2, 0.25) is 0 Å². The summed E-state index contributed by atoms with van der Waals surface area (Å²) in [5.41, 5.74) is -0.415. The van der Waals surface area contributed by atoms with Crippen molar-refractivity contribution in [2.45, 2.75) is 65.1 Å². The van der Waals surface area contributed by atoms with Crippen LogP contribution < -0.4 is 5.32 Å². The van der Waals surface area contributed by atoms with Gasteiger partial charge in [-0.3, -0.25) is 0 Å². The standard InChI is InChI=1S/C13H26N2O2/c1-6-7-11-10(2)15(9-8-14-11)12(16)17-13(3,4)5/h10-11,14H,6-9H2,1-5H3/t10-,11+/m0/s1. The summed E-state index contributed by atoms with van der Waals surface area (Å²) in [4.78, 5) is 13.9. The molecule has 1 saturated heterocycles. The fourth-order valence-corrected chi connectivity index (χ4v) is 2.19. The van der Waals surface area contributed by atoms with Gasteiger partial charge in [-0.15, -0.1) is 0 Å². The van der Waals surface area contributed by atoms with Gasteiger partial charge in [-0.1, -0.05) is 13.3 Å². The third kappa shape index (κ3) is 4.19. The van der Waals surface area contributed by atoms with Crippen LogP contribution in [0.15, 0.2) is 0 Å². The molecule has 17 heavy (non-hydrogen) atoms. The lowest BCUT2D eigenvalue weighted by Gasteiger charge is -2.40. The van der Waals surface area contributed by atoms with Crippen LogP contribution in [0.1, 0.15) is 47.5 Å². The van der Waals surface area contributed by atoms with Crippen LogP contribution in [0, 0.1) is 0 Å². The Morgan fingerprint density at radius 3 is 2.65 bits per heavy atom. The fraction of sp³-hybridized carbons (Fsp3) is 0.923. The molecule has 0 aromatic rings. The highest BCUT2D eigenvalue weighted by molar-refractivity contribution is 5.68. The highest BCUT2D eigenvalue weighted by Crippen LogP contribution is 2.17. The first kappa shape index (κ1) is 14.3. The zero-order valence-electron chi connectivity index (χ0n) is 11.7. The maximum absolute atomic E-state index is 12.0. The second-order valence-corrected chi connectivity index (χ2v) is 5.76. The average Bonchev–Trinajstić information content (AvgIpc) is 2.18. The number of hydrogen-bond donors (Lipinski definition) is 1. The van der Waals surface area contributed by atoms with E-state index in [1.165, 1.54) is 0 Å². The molecule has 1 amide bonds. The number of carbonyl (C=O) groups is 1. The van der Waals surface area contributed by atoms with Crippen LogP contribution in [0.5, 0.6) is 0 Å². The fourth-order valence-electron chi connectivity index (χ4n) is 2.19. The molecule has 100 valence electrons. The molecule has 0 aliphatic carbocycles. The zero-order valence-corrected chi connectivity index (χ0v) is 11.7. The number of nitrogens with one attached hydrogen (secondary N) is 1. The van der Waals surface area contributed by atoms with Gasteiger partial charge in [0, 0.05) is 25.2 Å². The SMILES string of the molecule is CCC[C@H]1NCCN(C(=O)OC(C)(C)C)[C@H]1C. The van der Waals surface area contributed by atoms with E-state index in [9.17, 15) is 4.79 Å². The largest absolute Gasteiger partial charge is 0.444 e. The van der Waals surface area contributed by atoms with Gasteiger partial charge in [-0.2, -0.15) is 0 Å². The van der Waals surface area contributed by atoms with Crippen LogP contribution in [0.2, 0.25) is 0 Å². The molecule has 1 heterocycles. The van der Waals surface area contributed by atoms with Crippen LogP contribution in [-0.2, 0) is 4.74 Å². The summed E-state index contributed by atoms with van der Waals surface area (Å²) in [7, 11) is 0. The minimum absolute atomic E-state index is 0.187. The molecule has 1 aliphatic rings. The second kappa shape index (κ2) is 5.71. The van der Waals surface area contributed by atoms with E-state index in [4.69, 9.17) is 4.74 Å². The molecule has 1 N–H and O–H groups in total. The van der Waals surface area contributed by atoms with E-state index < -0.39 is 5.60 Å². The molecular formula is C13H26N2O2. The molecular weight excluding hydrogens is 216 g/mol. The number of rotatable bonds is 2. The third-order valence-electron chi connectivity index (χ3n) is 3.06. The van der Waals surface area contributed by atoms with Crippen molar-refractivity contribution in [1.29, 1.82) is 0 Å². The number of hydrogen-bond acceptors (Lipinski definition) is 3. The monoisotopic (exact) mass is 242 g/mol. The third-order valence-corrected chi connectivity index (χ3v) is 3.06. The smallest absolute Gasteiger partial charge is 0.410 e. The lowest BCUT2D eigenvalue weighted by molar-refractivity contribution is 0.00769.